The third kappa shape index (κ3) is 5.86. The van der Waals surface area contributed by atoms with Crippen LogP contribution in [-0.4, -0.2) is 43.9 Å². The van der Waals surface area contributed by atoms with Crippen LogP contribution in [0.4, 0.5) is 8.78 Å². The van der Waals surface area contributed by atoms with Crippen LogP contribution in [0.15, 0.2) is 71.7 Å². The molecule has 42 heavy (non-hydrogen) atoms. The van der Waals surface area contributed by atoms with Gasteiger partial charge in [-0.05, 0) is 36.4 Å². The van der Waals surface area contributed by atoms with Gasteiger partial charge in [-0.3, -0.25) is 4.79 Å². The lowest BCUT2D eigenvalue weighted by atomic mass is 10.1. The van der Waals surface area contributed by atoms with Gasteiger partial charge in [-0.1, -0.05) is 12.1 Å². The van der Waals surface area contributed by atoms with Crippen molar-refractivity contribution in [3.8, 4) is 23.2 Å². The summed E-state index contributed by atoms with van der Waals surface area (Å²) >= 11 is 0. The molecule has 3 heterocycles. The number of carbonyl (C=O) groups is 1. The Hall–Kier alpha value is -5.41. The quantitative estimate of drug-likeness (QED) is 0.261. The van der Waals surface area contributed by atoms with Gasteiger partial charge in [0, 0.05) is 43.1 Å². The Morgan fingerprint density at radius 1 is 1.07 bits per heavy atom. The first-order chi connectivity index (χ1) is 20.3. The van der Waals surface area contributed by atoms with Gasteiger partial charge in [0.05, 0.1) is 47.1 Å². The minimum absolute atomic E-state index is 0.0507. The number of ether oxygens (including phenoxy) is 2. The molecule has 0 aliphatic rings. The van der Waals surface area contributed by atoms with Gasteiger partial charge in [0.25, 0.3) is 5.56 Å². The van der Waals surface area contributed by atoms with Gasteiger partial charge in [-0.25, -0.2) is 23.5 Å². The van der Waals surface area contributed by atoms with Crippen LogP contribution in [-0.2, 0) is 24.4 Å². The molecular formula is C30H23F2N5O5. The molecule has 0 saturated heterocycles. The van der Waals surface area contributed by atoms with Crippen LogP contribution in [0.5, 0.6) is 5.88 Å². The average molecular weight is 572 g/mol. The molecule has 212 valence electrons. The van der Waals surface area contributed by atoms with E-state index in [2.05, 4.69) is 9.97 Å². The Morgan fingerprint density at radius 2 is 1.90 bits per heavy atom. The van der Waals surface area contributed by atoms with Gasteiger partial charge in [-0.2, -0.15) is 5.26 Å². The van der Waals surface area contributed by atoms with Gasteiger partial charge in [0.2, 0.25) is 5.88 Å². The maximum Gasteiger partial charge on any atom is 0.335 e. The fourth-order valence-electron chi connectivity index (χ4n) is 4.41. The highest BCUT2D eigenvalue weighted by molar-refractivity contribution is 5.92. The van der Waals surface area contributed by atoms with Crippen LogP contribution in [0.25, 0.3) is 22.3 Å². The molecule has 3 aromatic heterocycles. The first kappa shape index (κ1) is 28.1. The van der Waals surface area contributed by atoms with Crippen LogP contribution < -0.4 is 10.3 Å². The number of nitriles is 1. The lowest BCUT2D eigenvalue weighted by Gasteiger charge is -2.12. The summed E-state index contributed by atoms with van der Waals surface area (Å²) in [6.07, 6.45) is 1.06. The number of aromatic carboxylic acids is 1. The number of rotatable bonds is 10. The average Bonchev–Trinajstić information content (AvgIpc) is 3.33. The first-order valence-corrected chi connectivity index (χ1v) is 12.7. The second kappa shape index (κ2) is 12.0. The second-order valence-corrected chi connectivity index (χ2v) is 9.25. The van der Waals surface area contributed by atoms with Crippen molar-refractivity contribution in [2.45, 2.75) is 19.7 Å². The van der Waals surface area contributed by atoms with Crippen molar-refractivity contribution in [1.82, 2.24) is 19.1 Å². The summed E-state index contributed by atoms with van der Waals surface area (Å²) in [7, 11) is 1.53. The van der Waals surface area contributed by atoms with Gasteiger partial charge in [-0.15, -0.1) is 0 Å². The Kier molecular flexibility index (Phi) is 8.03. The molecule has 5 rings (SSSR count). The van der Waals surface area contributed by atoms with E-state index in [1.54, 1.807) is 16.7 Å². The number of halogens is 2. The summed E-state index contributed by atoms with van der Waals surface area (Å²) in [5, 5.41) is 18.3. The zero-order valence-corrected chi connectivity index (χ0v) is 22.3. The summed E-state index contributed by atoms with van der Waals surface area (Å²) < 4.78 is 43.2. The first-order valence-electron chi connectivity index (χ1n) is 12.7. The Labute approximate surface area is 237 Å². The summed E-state index contributed by atoms with van der Waals surface area (Å²) in [6.45, 7) is 0.392. The molecule has 0 radical (unpaired) electrons. The SMILES string of the molecule is COCCn1c(Cn2cc(F)c(-c3cccc(OCc4ccc(C#N)cc4F)n3)cc2=O)nc2ccc(C(=O)O)cc21. The molecule has 0 amide bonds. The van der Waals surface area contributed by atoms with Crippen molar-refractivity contribution in [1.29, 1.82) is 5.26 Å². The zero-order valence-electron chi connectivity index (χ0n) is 22.3. The minimum Gasteiger partial charge on any atom is -0.478 e. The van der Waals surface area contributed by atoms with E-state index in [9.17, 15) is 19.1 Å². The third-order valence-corrected chi connectivity index (χ3v) is 6.54. The summed E-state index contributed by atoms with van der Waals surface area (Å²) in [4.78, 5) is 33.4. The Balaban J connectivity index is 1.41. The number of hydrogen-bond acceptors (Lipinski definition) is 7. The summed E-state index contributed by atoms with van der Waals surface area (Å²) in [5.41, 5.74) is 1.13. The summed E-state index contributed by atoms with van der Waals surface area (Å²) in [5.74, 6) is -1.89. The van der Waals surface area contributed by atoms with Gasteiger partial charge in [0.15, 0.2) is 0 Å². The Morgan fingerprint density at radius 3 is 2.64 bits per heavy atom. The van der Waals surface area contributed by atoms with Gasteiger partial charge < -0.3 is 23.7 Å². The van der Waals surface area contributed by atoms with E-state index in [-0.39, 0.29) is 47.0 Å². The topological polar surface area (TPSA) is 132 Å². The summed E-state index contributed by atoms with van der Waals surface area (Å²) in [6, 6.07) is 16.1. The number of aromatic nitrogens is 4. The lowest BCUT2D eigenvalue weighted by molar-refractivity contribution is 0.0697. The number of pyridine rings is 2. The van der Waals surface area contributed by atoms with Crippen molar-refractivity contribution in [3.63, 3.8) is 0 Å². The van der Waals surface area contributed by atoms with Crippen LogP contribution in [0, 0.1) is 23.0 Å². The number of carboxylic acids is 1. The largest absolute Gasteiger partial charge is 0.478 e. The molecule has 12 heteroatoms. The van der Waals surface area contributed by atoms with Crippen molar-refractivity contribution < 1.29 is 28.2 Å². The van der Waals surface area contributed by atoms with Crippen molar-refractivity contribution >= 4 is 17.0 Å². The van der Waals surface area contributed by atoms with E-state index in [0.29, 0.717) is 30.0 Å². The maximum atomic E-state index is 15.3. The molecule has 0 saturated carbocycles. The normalized spacial score (nSPS) is 11.0. The van der Waals surface area contributed by atoms with Crippen molar-refractivity contribution in [2.24, 2.45) is 0 Å². The molecule has 1 N–H and O–H groups in total. The molecule has 0 aliphatic heterocycles. The number of nitrogens with zero attached hydrogens (tertiary/aromatic N) is 5. The number of carboxylic acid groups (broad SMARTS) is 1. The number of benzene rings is 2. The van der Waals surface area contributed by atoms with E-state index >= 15 is 4.39 Å². The molecule has 0 fully saturated rings. The molecule has 2 aromatic carbocycles. The van der Waals surface area contributed by atoms with Crippen LogP contribution in [0.3, 0.4) is 0 Å². The maximum absolute atomic E-state index is 15.3. The number of methoxy groups -OCH3 is 1. The van der Waals surface area contributed by atoms with Crippen molar-refractivity contribution in [3.05, 3.63) is 111 Å². The second-order valence-electron chi connectivity index (χ2n) is 9.25. The highest BCUT2D eigenvalue weighted by atomic mass is 19.1. The van der Waals surface area contributed by atoms with Crippen LogP contribution in [0.2, 0.25) is 0 Å². The molecular weight excluding hydrogens is 548 g/mol. The minimum atomic E-state index is -1.09. The Bertz CT molecular complexity index is 1910. The van der Waals surface area contributed by atoms with E-state index in [0.717, 1.165) is 22.9 Å². The smallest absolute Gasteiger partial charge is 0.335 e. The van der Waals surface area contributed by atoms with Crippen LogP contribution >= 0.6 is 0 Å². The lowest BCUT2D eigenvalue weighted by Crippen LogP contribution is -2.23. The third-order valence-electron chi connectivity index (χ3n) is 6.54. The molecule has 0 bridgehead atoms. The van der Waals surface area contributed by atoms with Crippen LogP contribution in [0.1, 0.15) is 27.3 Å². The number of imidazole rings is 1. The predicted molar refractivity (Wildman–Crippen MR) is 147 cm³/mol. The van der Waals surface area contributed by atoms with Gasteiger partial charge >= 0.3 is 5.97 Å². The molecule has 0 spiro atoms. The van der Waals surface area contributed by atoms with E-state index in [1.165, 1.54) is 43.5 Å². The monoisotopic (exact) mass is 571 g/mol. The fraction of sp³-hybridized carbons (Fsp3) is 0.167. The van der Waals surface area contributed by atoms with Crippen molar-refractivity contribution in [2.75, 3.05) is 13.7 Å². The predicted octanol–water partition coefficient (Wildman–Crippen LogP) is 4.38. The molecule has 0 atom stereocenters. The molecule has 10 nitrogen and oxygen atoms in total. The molecule has 0 aliphatic carbocycles. The standard InChI is InChI=1S/C30H23F2N5O5/c1-41-10-9-37-26-12-19(30(39)40)7-8-25(26)34-27(37)16-36-15-23(32)21(13-29(36)38)24-3-2-4-28(35-24)42-17-20-6-5-18(14-33)11-22(20)31/h2-8,11-13,15H,9-10,16-17H2,1H3,(H,39,40). The molecule has 0 unspecified atom stereocenters. The highest BCUT2D eigenvalue weighted by Gasteiger charge is 2.17. The zero-order chi connectivity index (χ0) is 29.8. The van der Waals surface area contributed by atoms with E-state index in [1.807, 2.05) is 6.07 Å². The fourth-order valence-corrected chi connectivity index (χ4v) is 4.41. The highest BCUT2D eigenvalue weighted by Crippen LogP contribution is 2.24. The van der Waals surface area contributed by atoms with E-state index < -0.39 is 23.2 Å². The van der Waals surface area contributed by atoms with Gasteiger partial charge in [0.1, 0.15) is 24.1 Å². The number of fused-ring (bicyclic) bond motifs is 1. The molecule has 5 aromatic rings. The number of hydrogen-bond donors (Lipinski definition) is 1. The van der Waals surface area contributed by atoms with E-state index in [4.69, 9.17) is 14.7 Å².